The largest absolute Gasteiger partial charge is 0.433 e. The number of carbonyl (C=O) groups excluding carboxylic acids is 1. The minimum Gasteiger partial charge on any atom is -0.348 e. The summed E-state index contributed by atoms with van der Waals surface area (Å²) >= 11 is 0. The second-order valence-electron chi connectivity index (χ2n) is 4.73. The molecule has 0 unspecified atom stereocenters. The molecular formula is C12H11F3N4O. The maximum atomic E-state index is 12.8. The molecule has 3 rings (SSSR count). The summed E-state index contributed by atoms with van der Waals surface area (Å²) in [4.78, 5) is 15.7. The summed E-state index contributed by atoms with van der Waals surface area (Å²) in [5, 5.41) is 6.44. The lowest BCUT2D eigenvalue weighted by atomic mass is 9.93. The molecule has 1 saturated carbocycles. The highest BCUT2D eigenvalue weighted by Crippen LogP contribution is 2.29. The maximum absolute atomic E-state index is 12.8. The van der Waals surface area contributed by atoms with E-state index in [1.165, 1.54) is 6.07 Å². The second-order valence-corrected chi connectivity index (χ2v) is 4.73. The normalized spacial score (nSPS) is 16.1. The molecule has 8 heteroatoms. The molecule has 1 aliphatic carbocycles. The van der Waals surface area contributed by atoms with Crippen molar-refractivity contribution >= 4 is 11.6 Å². The molecule has 106 valence electrons. The van der Waals surface area contributed by atoms with Gasteiger partial charge in [0.1, 0.15) is 5.69 Å². The fourth-order valence-corrected chi connectivity index (χ4v) is 2.03. The van der Waals surface area contributed by atoms with Gasteiger partial charge in [0.25, 0.3) is 5.91 Å². The summed E-state index contributed by atoms with van der Waals surface area (Å²) < 4.78 is 39.1. The van der Waals surface area contributed by atoms with Crippen LogP contribution < -0.4 is 5.32 Å². The van der Waals surface area contributed by atoms with E-state index in [1.807, 2.05) is 0 Å². The molecular weight excluding hydrogens is 273 g/mol. The van der Waals surface area contributed by atoms with Crippen LogP contribution in [-0.4, -0.2) is 26.5 Å². The van der Waals surface area contributed by atoms with Crippen LogP contribution in [0.1, 0.15) is 35.4 Å². The second kappa shape index (κ2) is 4.46. The topological polar surface area (TPSA) is 59.3 Å². The molecule has 1 amide bonds. The van der Waals surface area contributed by atoms with Crippen LogP contribution in [0.4, 0.5) is 13.2 Å². The van der Waals surface area contributed by atoms with Gasteiger partial charge in [-0.1, -0.05) is 0 Å². The summed E-state index contributed by atoms with van der Waals surface area (Å²) in [6.45, 7) is 0. The Labute approximate surface area is 111 Å². The van der Waals surface area contributed by atoms with Gasteiger partial charge in [0.15, 0.2) is 11.3 Å². The monoisotopic (exact) mass is 284 g/mol. The average Bonchev–Trinajstić information content (AvgIpc) is 2.75. The molecule has 0 aromatic carbocycles. The summed E-state index contributed by atoms with van der Waals surface area (Å²) in [7, 11) is 0. The quantitative estimate of drug-likeness (QED) is 0.918. The predicted molar refractivity (Wildman–Crippen MR) is 63.1 cm³/mol. The fraction of sp³-hybridized carbons (Fsp3) is 0.417. The number of nitrogens with one attached hydrogen (secondary N) is 1. The molecule has 0 spiro atoms. The third-order valence-electron chi connectivity index (χ3n) is 3.32. The highest BCUT2D eigenvalue weighted by Gasteiger charge is 2.34. The Balaban J connectivity index is 1.95. The van der Waals surface area contributed by atoms with Gasteiger partial charge >= 0.3 is 6.18 Å². The number of rotatable bonds is 2. The summed E-state index contributed by atoms with van der Waals surface area (Å²) in [6.07, 6.45) is -0.658. The molecule has 0 aliphatic heterocycles. The number of amides is 1. The van der Waals surface area contributed by atoms with Gasteiger partial charge < -0.3 is 5.32 Å². The van der Waals surface area contributed by atoms with Crippen molar-refractivity contribution in [3.63, 3.8) is 0 Å². The molecule has 1 aliphatic rings. The van der Waals surface area contributed by atoms with Crippen molar-refractivity contribution < 1.29 is 18.0 Å². The molecule has 0 bridgehead atoms. The van der Waals surface area contributed by atoms with Crippen LogP contribution in [0.25, 0.3) is 5.65 Å². The molecule has 1 N–H and O–H groups in total. The van der Waals surface area contributed by atoms with Crippen molar-refractivity contribution in [1.82, 2.24) is 19.9 Å². The number of halogens is 3. The van der Waals surface area contributed by atoms with Gasteiger partial charge in [-0.3, -0.25) is 4.79 Å². The standard InChI is InChI=1S/C12H11F3N4O/c13-12(14,15)9-4-5-16-10-6-8(18-19(9)10)11(20)17-7-2-1-3-7/h4-7H,1-3H2,(H,17,20). The van der Waals surface area contributed by atoms with Crippen LogP contribution in [-0.2, 0) is 6.18 Å². The molecule has 5 nitrogen and oxygen atoms in total. The lowest BCUT2D eigenvalue weighted by molar-refractivity contribution is -0.142. The Morgan fingerprint density at radius 3 is 2.75 bits per heavy atom. The zero-order chi connectivity index (χ0) is 14.3. The van der Waals surface area contributed by atoms with Gasteiger partial charge in [-0.25, -0.2) is 9.50 Å². The summed E-state index contributed by atoms with van der Waals surface area (Å²) in [5.41, 5.74) is -1.01. The Bertz CT molecular complexity index is 660. The van der Waals surface area contributed by atoms with E-state index in [0.29, 0.717) is 4.52 Å². The van der Waals surface area contributed by atoms with Crippen LogP contribution in [0.5, 0.6) is 0 Å². The van der Waals surface area contributed by atoms with Crippen LogP contribution >= 0.6 is 0 Å². The van der Waals surface area contributed by atoms with E-state index in [4.69, 9.17) is 0 Å². The van der Waals surface area contributed by atoms with Crippen molar-refractivity contribution in [2.75, 3.05) is 0 Å². The van der Waals surface area contributed by atoms with Gasteiger partial charge in [-0.15, -0.1) is 0 Å². The first-order valence-corrected chi connectivity index (χ1v) is 6.18. The lowest BCUT2D eigenvalue weighted by Crippen LogP contribution is -2.39. The van der Waals surface area contributed by atoms with E-state index in [1.54, 1.807) is 0 Å². The number of hydrogen-bond donors (Lipinski definition) is 1. The summed E-state index contributed by atoms with van der Waals surface area (Å²) in [5.74, 6) is -0.465. The van der Waals surface area contributed by atoms with Gasteiger partial charge in [0.2, 0.25) is 0 Å². The van der Waals surface area contributed by atoms with Crippen molar-refractivity contribution in [2.45, 2.75) is 31.5 Å². The van der Waals surface area contributed by atoms with E-state index in [0.717, 1.165) is 31.5 Å². The average molecular weight is 284 g/mol. The molecule has 2 heterocycles. The van der Waals surface area contributed by atoms with Crippen molar-refractivity contribution in [3.8, 4) is 0 Å². The SMILES string of the molecule is O=C(NC1CCC1)c1cc2nccc(C(F)(F)F)n2n1. The van der Waals surface area contributed by atoms with E-state index >= 15 is 0 Å². The van der Waals surface area contributed by atoms with Gasteiger partial charge in [-0.2, -0.15) is 18.3 Å². The van der Waals surface area contributed by atoms with Crippen molar-refractivity contribution in [3.05, 3.63) is 29.7 Å². The Morgan fingerprint density at radius 1 is 1.40 bits per heavy atom. The third kappa shape index (κ3) is 2.21. The van der Waals surface area contributed by atoms with E-state index in [2.05, 4.69) is 15.4 Å². The number of aromatic nitrogens is 3. The van der Waals surface area contributed by atoms with E-state index in [-0.39, 0.29) is 17.4 Å². The molecule has 0 radical (unpaired) electrons. The van der Waals surface area contributed by atoms with E-state index < -0.39 is 17.8 Å². The van der Waals surface area contributed by atoms with Crippen LogP contribution in [0, 0.1) is 0 Å². The fourth-order valence-electron chi connectivity index (χ4n) is 2.03. The molecule has 0 atom stereocenters. The number of fused-ring (bicyclic) bond motifs is 1. The minimum atomic E-state index is -4.55. The number of hydrogen-bond acceptors (Lipinski definition) is 3. The predicted octanol–water partition coefficient (Wildman–Crippen LogP) is 2.03. The van der Waals surface area contributed by atoms with Crippen LogP contribution in [0.3, 0.4) is 0 Å². The number of nitrogens with zero attached hydrogens (tertiary/aromatic N) is 3. The van der Waals surface area contributed by atoms with Crippen LogP contribution in [0.15, 0.2) is 18.3 Å². The van der Waals surface area contributed by atoms with Crippen molar-refractivity contribution in [2.24, 2.45) is 0 Å². The zero-order valence-corrected chi connectivity index (χ0v) is 10.3. The van der Waals surface area contributed by atoms with Gasteiger partial charge in [0, 0.05) is 18.3 Å². The molecule has 20 heavy (non-hydrogen) atoms. The Kier molecular flexibility index (Phi) is 2.88. The number of carbonyl (C=O) groups is 1. The zero-order valence-electron chi connectivity index (χ0n) is 10.3. The van der Waals surface area contributed by atoms with Crippen LogP contribution in [0.2, 0.25) is 0 Å². The Hall–Kier alpha value is -2.12. The third-order valence-corrected chi connectivity index (χ3v) is 3.32. The molecule has 2 aromatic rings. The first kappa shape index (κ1) is 12.9. The highest BCUT2D eigenvalue weighted by molar-refractivity contribution is 5.93. The first-order valence-electron chi connectivity index (χ1n) is 6.18. The van der Waals surface area contributed by atoms with Gasteiger partial charge in [0.05, 0.1) is 0 Å². The Morgan fingerprint density at radius 2 is 2.15 bits per heavy atom. The van der Waals surface area contributed by atoms with Crippen molar-refractivity contribution in [1.29, 1.82) is 0 Å². The van der Waals surface area contributed by atoms with E-state index in [9.17, 15) is 18.0 Å². The molecule has 0 saturated heterocycles. The first-order chi connectivity index (χ1) is 9.45. The molecule has 2 aromatic heterocycles. The summed E-state index contributed by atoms with van der Waals surface area (Å²) in [6, 6.07) is 2.18. The maximum Gasteiger partial charge on any atom is 0.433 e. The van der Waals surface area contributed by atoms with Gasteiger partial charge in [-0.05, 0) is 25.3 Å². The smallest absolute Gasteiger partial charge is 0.348 e. The molecule has 1 fully saturated rings. The minimum absolute atomic E-state index is 0.00131. The highest BCUT2D eigenvalue weighted by atomic mass is 19.4. The number of alkyl halides is 3. The lowest BCUT2D eigenvalue weighted by Gasteiger charge is -2.25.